The maximum Gasteiger partial charge on any atom is 0.0356 e. The monoisotopic (exact) mass is 528 g/mol. The molecule has 1 aromatic rings. The fourth-order valence-electron chi connectivity index (χ4n) is 2.54. The van der Waals surface area contributed by atoms with Gasteiger partial charge in [0.1, 0.15) is 0 Å². The number of hydrogen-bond donors (Lipinski definition) is 0. The second kappa shape index (κ2) is 14.8. The van der Waals surface area contributed by atoms with Crippen molar-refractivity contribution < 1.29 is 0 Å². The van der Waals surface area contributed by atoms with Gasteiger partial charge >= 0.3 is 0 Å². The molecule has 0 aromatic carbocycles. The van der Waals surface area contributed by atoms with E-state index in [1.807, 2.05) is 23.5 Å². The van der Waals surface area contributed by atoms with Crippen molar-refractivity contribution in [2.75, 3.05) is 58.5 Å². The van der Waals surface area contributed by atoms with Crippen LogP contribution in [0.5, 0.6) is 0 Å². The third-order valence-corrected chi connectivity index (χ3v) is 12.9. The van der Waals surface area contributed by atoms with Crippen LogP contribution in [-0.2, 0) is 10.8 Å². The molecule has 0 aliphatic carbocycles. The van der Waals surface area contributed by atoms with E-state index in [-0.39, 0.29) is 10.8 Å². The average molecular weight is 529 g/mol. The summed E-state index contributed by atoms with van der Waals surface area (Å²) in [7, 11) is 0. The van der Waals surface area contributed by atoms with Crippen LogP contribution >= 0.6 is 81.9 Å². The van der Waals surface area contributed by atoms with Gasteiger partial charge in [0.15, 0.2) is 0 Å². The fraction of sp³-hybridized carbons (Fsp3) is 0.818. The lowest BCUT2D eigenvalue weighted by Crippen LogP contribution is -2.10. The molecule has 170 valence electrons. The third-order valence-electron chi connectivity index (χ3n) is 4.00. The largest absolute Gasteiger partial charge is 0.165 e. The lowest BCUT2D eigenvalue weighted by molar-refractivity contribution is 0.585. The number of hydrogen-bond acceptors (Lipinski definition) is 7. The summed E-state index contributed by atoms with van der Waals surface area (Å²) in [5.74, 6) is 10.0. The molecule has 0 nitrogen and oxygen atoms in total. The Morgan fingerprint density at radius 2 is 0.897 bits per heavy atom. The molecule has 0 aliphatic heterocycles. The molecule has 0 bridgehead atoms. The van der Waals surface area contributed by atoms with Gasteiger partial charge in [-0.15, -0.1) is 34.9 Å². The van der Waals surface area contributed by atoms with E-state index in [4.69, 9.17) is 0 Å². The molecule has 0 unspecified atom stereocenters. The smallest absolute Gasteiger partial charge is 0.0356 e. The maximum atomic E-state index is 2.38. The molecule has 1 aromatic heterocycles. The zero-order valence-electron chi connectivity index (χ0n) is 19.5. The average Bonchev–Trinajstić information content (AvgIpc) is 3.00. The van der Waals surface area contributed by atoms with E-state index in [1.54, 1.807) is 19.5 Å². The Labute approximate surface area is 210 Å². The molecular formula is C22H40S7. The zero-order valence-corrected chi connectivity index (χ0v) is 25.2. The number of thiophene rings is 1. The Morgan fingerprint density at radius 3 is 1.21 bits per heavy atom. The van der Waals surface area contributed by atoms with Gasteiger partial charge in [-0.2, -0.15) is 47.0 Å². The number of rotatable bonds is 14. The molecule has 0 fully saturated rings. The van der Waals surface area contributed by atoms with Gasteiger partial charge in [0.05, 0.1) is 0 Å². The van der Waals surface area contributed by atoms with Crippen molar-refractivity contribution in [3.05, 3.63) is 9.75 Å². The van der Waals surface area contributed by atoms with Crippen LogP contribution in [0, 0.1) is 0 Å². The molecule has 0 atom stereocenters. The summed E-state index contributed by atoms with van der Waals surface area (Å²) in [6, 6.07) is 0. The van der Waals surface area contributed by atoms with E-state index in [2.05, 4.69) is 112 Å². The van der Waals surface area contributed by atoms with Crippen molar-refractivity contribution in [1.82, 2.24) is 0 Å². The SMILES string of the molecule is CSCCSCCSc1c(C(C)(C)C)sc(C(C)(C)C)c1SCCSCCSC. The maximum absolute atomic E-state index is 2.38. The topological polar surface area (TPSA) is 0 Å². The Hall–Kier alpha value is 1.80. The summed E-state index contributed by atoms with van der Waals surface area (Å²) in [4.78, 5) is 6.38. The molecule has 1 rings (SSSR count). The van der Waals surface area contributed by atoms with E-state index in [0.717, 1.165) is 0 Å². The van der Waals surface area contributed by atoms with Crippen molar-refractivity contribution in [2.24, 2.45) is 0 Å². The predicted molar refractivity (Wildman–Crippen MR) is 155 cm³/mol. The standard InChI is InChI=1S/C22H40S7/c1-21(2,3)19-17(27-15-13-25-11-9-23-7)18(20(29-19)22(4,5)6)28-16-14-26-12-10-24-8/h9-16H2,1-8H3. The molecule has 1 heterocycles. The van der Waals surface area contributed by atoms with Crippen LogP contribution in [0.25, 0.3) is 0 Å². The van der Waals surface area contributed by atoms with Crippen molar-refractivity contribution in [3.8, 4) is 0 Å². The molecule has 0 saturated heterocycles. The van der Waals surface area contributed by atoms with E-state index in [1.165, 1.54) is 46.0 Å². The first kappa shape index (κ1) is 28.8. The summed E-state index contributed by atoms with van der Waals surface area (Å²) in [6.45, 7) is 14.3. The molecule has 0 radical (unpaired) electrons. The molecule has 29 heavy (non-hydrogen) atoms. The Kier molecular flexibility index (Phi) is 14.8. The van der Waals surface area contributed by atoms with Gasteiger partial charge in [-0.05, 0) is 23.3 Å². The van der Waals surface area contributed by atoms with Gasteiger partial charge in [-0.3, -0.25) is 0 Å². The van der Waals surface area contributed by atoms with Crippen molar-refractivity contribution in [3.63, 3.8) is 0 Å². The fourth-order valence-corrected chi connectivity index (χ4v) is 10.9. The molecule has 0 saturated carbocycles. The van der Waals surface area contributed by atoms with Gasteiger partial charge in [-0.25, -0.2) is 0 Å². The van der Waals surface area contributed by atoms with Crippen LogP contribution in [-0.4, -0.2) is 58.5 Å². The minimum absolute atomic E-state index is 0.213. The highest BCUT2D eigenvalue weighted by Crippen LogP contribution is 2.50. The van der Waals surface area contributed by atoms with Crippen LogP contribution in [0.4, 0.5) is 0 Å². The molecule has 0 aliphatic rings. The van der Waals surface area contributed by atoms with Crippen LogP contribution in [0.3, 0.4) is 0 Å². The molecule has 7 heteroatoms. The normalized spacial score (nSPS) is 12.7. The highest BCUT2D eigenvalue weighted by atomic mass is 32.2. The summed E-state index contributed by atoms with van der Waals surface area (Å²) in [6.07, 6.45) is 4.40. The van der Waals surface area contributed by atoms with Gasteiger partial charge in [0, 0.05) is 65.6 Å². The van der Waals surface area contributed by atoms with Crippen LogP contribution in [0.2, 0.25) is 0 Å². The van der Waals surface area contributed by atoms with Crippen LogP contribution in [0.1, 0.15) is 51.3 Å². The van der Waals surface area contributed by atoms with E-state index >= 15 is 0 Å². The Morgan fingerprint density at radius 1 is 0.552 bits per heavy atom. The van der Waals surface area contributed by atoms with E-state index in [9.17, 15) is 0 Å². The van der Waals surface area contributed by atoms with Gasteiger partial charge in [0.2, 0.25) is 0 Å². The predicted octanol–water partition coefficient (Wildman–Crippen LogP) is 8.72. The van der Waals surface area contributed by atoms with E-state index in [0.29, 0.717) is 0 Å². The van der Waals surface area contributed by atoms with Crippen LogP contribution in [0.15, 0.2) is 9.79 Å². The summed E-state index contributed by atoms with van der Waals surface area (Å²) in [5, 5.41) is 0. The quantitative estimate of drug-likeness (QED) is 0.174. The lowest BCUT2D eigenvalue weighted by atomic mass is 9.93. The second-order valence-corrected chi connectivity index (χ2v) is 16.5. The first-order chi connectivity index (χ1) is 13.6. The molecule has 0 amide bonds. The zero-order chi connectivity index (χ0) is 21.9. The van der Waals surface area contributed by atoms with Gasteiger partial charge < -0.3 is 0 Å². The first-order valence-electron chi connectivity index (χ1n) is 10.2. The highest BCUT2D eigenvalue weighted by Gasteiger charge is 2.31. The Bertz CT molecular complexity index is 518. The van der Waals surface area contributed by atoms with E-state index < -0.39 is 0 Å². The Balaban J connectivity index is 2.95. The van der Waals surface area contributed by atoms with Crippen molar-refractivity contribution in [1.29, 1.82) is 0 Å². The minimum Gasteiger partial charge on any atom is -0.165 e. The van der Waals surface area contributed by atoms with Gasteiger partial charge in [0.25, 0.3) is 0 Å². The number of thioether (sulfide) groups is 6. The molecule has 0 N–H and O–H groups in total. The molecular weight excluding hydrogens is 489 g/mol. The summed E-state index contributed by atoms with van der Waals surface area (Å²) in [5.41, 5.74) is 0.426. The minimum atomic E-state index is 0.213. The molecule has 0 spiro atoms. The highest BCUT2D eigenvalue weighted by molar-refractivity contribution is 8.06. The third kappa shape index (κ3) is 11.0. The first-order valence-corrected chi connectivity index (χ1v) is 18.1. The second-order valence-electron chi connectivity index (χ2n) is 8.83. The lowest BCUT2D eigenvalue weighted by Gasteiger charge is -2.19. The summed E-state index contributed by atoms with van der Waals surface area (Å²) < 4.78 is 0. The van der Waals surface area contributed by atoms with Crippen molar-refractivity contribution >= 4 is 81.9 Å². The van der Waals surface area contributed by atoms with Crippen LogP contribution < -0.4 is 0 Å². The van der Waals surface area contributed by atoms with Gasteiger partial charge in [-0.1, -0.05) is 41.5 Å². The summed E-state index contributed by atoms with van der Waals surface area (Å²) >= 11 is 14.4. The van der Waals surface area contributed by atoms with Crippen molar-refractivity contribution in [2.45, 2.75) is 62.2 Å².